The highest BCUT2D eigenvalue weighted by atomic mass is 16.5. The summed E-state index contributed by atoms with van der Waals surface area (Å²) in [6.45, 7) is 8.61. The largest absolute Gasteiger partial charge is 0.375 e. The van der Waals surface area contributed by atoms with Gasteiger partial charge in [0.15, 0.2) is 0 Å². The number of rotatable bonds is 2. The first-order valence-corrected chi connectivity index (χ1v) is 7.85. The molecule has 0 aliphatic carbocycles. The van der Waals surface area contributed by atoms with Crippen molar-refractivity contribution >= 4 is 5.91 Å². The van der Waals surface area contributed by atoms with Gasteiger partial charge in [0.2, 0.25) is 0 Å². The number of carbonyl (C=O) groups is 1. The maximum atomic E-state index is 12.6. The van der Waals surface area contributed by atoms with E-state index in [1.54, 1.807) is 0 Å². The van der Waals surface area contributed by atoms with Crippen molar-refractivity contribution in [3.63, 3.8) is 0 Å². The highest BCUT2D eigenvalue weighted by Gasteiger charge is 2.38. The summed E-state index contributed by atoms with van der Waals surface area (Å²) in [7, 11) is 0. The molecule has 0 bridgehead atoms. The molecule has 4 nitrogen and oxygen atoms in total. The third-order valence-electron chi connectivity index (χ3n) is 4.60. The molecule has 1 amide bonds. The van der Waals surface area contributed by atoms with Gasteiger partial charge in [-0.05, 0) is 26.0 Å². The molecule has 2 aliphatic heterocycles. The predicted molar refractivity (Wildman–Crippen MR) is 82.3 cm³/mol. The number of fused-ring (bicyclic) bond motifs is 1. The Kier molecular flexibility index (Phi) is 4.27. The molecule has 0 N–H and O–H groups in total. The van der Waals surface area contributed by atoms with Gasteiger partial charge in [0.1, 0.15) is 0 Å². The van der Waals surface area contributed by atoms with E-state index >= 15 is 0 Å². The predicted octanol–water partition coefficient (Wildman–Crippen LogP) is 1.87. The van der Waals surface area contributed by atoms with E-state index < -0.39 is 0 Å². The summed E-state index contributed by atoms with van der Waals surface area (Å²) < 4.78 is 5.99. The molecule has 0 saturated carbocycles. The fourth-order valence-corrected chi connectivity index (χ4v) is 3.30. The van der Waals surface area contributed by atoms with Crippen molar-refractivity contribution in [3.05, 3.63) is 35.9 Å². The quantitative estimate of drug-likeness (QED) is 0.833. The molecule has 3 rings (SSSR count). The molecule has 2 fully saturated rings. The van der Waals surface area contributed by atoms with Crippen molar-refractivity contribution in [2.24, 2.45) is 5.92 Å². The maximum absolute atomic E-state index is 12.6. The topological polar surface area (TPSA) is 32.8 Å². The van der Waals surface area contributed by atoms with Gasteiger partial charge in [-0.15, -0.1) is 0 Å². The fraction of sp³-hybridized carbons (Fsp3) is 0.588. The highest BCUT2D eigenvalue weighted by Crippen LogP contribution is 2.25. The second-order valence-corrected chi connectivity index (χ2v) is 6.33. The Labute approximate surface area is 126 Å². The van der Waals surface area contributed by atoms with Crippen LogP contribution < -0.4 is 0 Å². The molecule has 2 aliphatic rings. The van der Waals surface area contributed by atoms with E-state index in [1.165, 1.54) is 0 Å². The minimum Gasteiger partial charge on any atom is -0.375 e. The Balaban J connectivity index is 1.70. The summed E-state index contributed by atoms with van der Waals surface area (Å²) in [4.78, 5) is 17.0. The van der Waals surface area contributed by atoms with E-state index in [9.17, 15) is 4.79 Å². The first-order chi connectivity index (χ1) is 10.1. The molecule has 1 aromatic rings. The van der Waals surface area contributed by atoms with Gasteiger partial charge in [0.25, 0.3) is 5.91 Å². The number of likely N-dealkylation sites (tertiary alicyclic amines) is 1. The van der Waals surface area contributed by atoms with E-state index in [2.05, 4.69) is 18.7 Å². The summed E-state index contributed by atoms with van der Waals surface area (Å²) in [5.74, 6) is 0.561. The third-order valence-corrected chi connectivity index (χ3v) is 4.60. The van der Waals surface area contributed by atoms with E-state index in [0.717, 1.165) is 25.2 Å². The fourth-order valence-electron chi connectivity index (χ4n) is 3.30. The number of hydrogen-bond donors (Lipinski definition) is 0. The van der Waals surface area contributed by atoms with Crippen molar-refractivity contribution in [2.75, 3.05) is 32.8 Å². The molecule has 0 radical (unpaired) electrons. The van der Waals surface area contributed by atoms with Gasteiger partial charge in [-0.3, -0.25) is 9.69 Å². The van der Waals surface area contributed by atoms with E-state index in [1.807, 2.05) is 35.2 Å². The Hall–Kier alpha value is -1.39. The standard InChI is InChI=1S/C17H24N2O2/c1-13(2)19-11-15-10-18(8-9-21-16(15)12-19)17(20)14-6-4-3-5-7-14/h3-7,13,15-16H,8-12H2,1-2H3/t15-,16+/m0/s1. The molecule has 1 aromatic carbocycles. The zero-order valence-electron chi connectivity index (χ0n) is 12.9. The van der Waals surface area contributed by atoms with Crippen LogP contribution in [-0.4, -0.2) is 60.6 Å². The molecule has 2 saturated heterocycles. The summed E-state index contributed by atoms with van der Waals surface area (Å²) in [5, 5.41) is 0. The van der Waals surface area contributed by atoms with E-state index in [-0.39, 0.29) is 12.0 Å². The highest BCUT2D eigenvalue weighted by molar-refractivity contribution is 5.94. The summed E-state index contributed by atoms with van der Waals surface area (Å²) in [6, 6.07) is 10.1. The molecule has 114 valence electrons. The SMILES string of the molecule is CC(C)N1C[C@@H]2CN(C(=O)c3ccccc3)CCO[C@@H]2C1. The summed E-state index contributed by atoms with van der Waals surface area (Å²) in [6.07, 6.45) is 0.279. The van der Waals surface area contributed by atoms with Gasteiger partial charge < -0.3 is 9.64 Å². The van der Waals surface area contributed by atoms with Crippen LogP contribution >= 0.6 is 0 Å². The van der Waals surface area contributed by atoms with E-state index in [4.69, 9.17) is 4.74 Å². The maximum Gasteiger partial charge on any atom is 0.253 e. The van der Waals surface area contributed by atoms with Crippen LogP contribution in [0.15, 0.2) is 30.3 Å². The molecule has 2 heterocycles. The molecule has 4 heteroatoms. The average molecular weight is 288 g/mol. The van der Waals surface area contributed by atoms with Gasteiger partial charge in [0.05, 0.1) is 12.7 Å². The molecule has 2 atom stereocenters. The van der Waals surface area contributed by atoms with Crippen LogP contribution in [0.3, 0.4) is 0 Å². The third kappa shape index (κ3) is 3.11. The molecule has 21 heavy (non-hydrogen) atoms. The lowest BCUT2D eigenvalue weighted by Gasteiger charge is -2.24. The lowest BCUT2D eigenvalue weighted by molar-refractivity contribution is 0.0487. The number of carbonyl (C=O) groups excluding carboxylic acids is 1. The minimum atomic E-state index is 0.128. The van der Waals surface area contributed by atoms with Gasteiger partial charge in [-0.1, -0.05) is 18.2 Å². The lowest BCUT2D eigenvalue weighted by Crippen LogP contribution is -2.38. The summed E-state index contributed by atoms with van der Waals surface area (Å²) in [5.41, 5.74) is 0.773. The number of benzene rings is 1. The van der Waals surface area contributed by atoms with Crippen molar-refractivity contribution in [1.82, 2.24) is 9.80 Å². The van der Waals surface area contributed by atoms with Crippen LogP contribution in [0.4, 0.5) is 0 Å². The van der Waals surface area contributed by atoms with Crippen LogP contribution in [0.1, 0.15) is 24.2 Å². The number of hydrogen-bond acceptors (Lipinski definition) is 3. The first kappa shape index (κ1) is 14.5. The Morgan fingerprint density at radius 2 is 1.95 bits per heavy atom. The van der Waals surface area contributed by atoms with Crippen LogP contribution in [0.2, 0.25) is 0 Å². The molecule has 0 spiro atoms. The monoisotopic (exact) mass is 288 g/mol. The zero-order chi connectivity index (χ0) is 14.8. The number of nitrogens with zero attached hydrogens (tertiary/aromatic N) is 2. The molecular weight excluding hydrogens is 264 g/mol. The second kappa shape index (κ2) is 6.16. The van der Waals surface area contributed by atoms with E-state index in [0.29, 0.717) is 25.1 Å². The summed E-state index contributed by atoms with van der Waals surface area (Å²) >= 11 is 0. The molecular formula is C17H24N2O2. The van der Waals surface area contributed by atoms with Gasteiger partial charge in [-0.25, -0.2) is 0 Å². The zero-order valence-corrected chi connectivity index (χ0v) is 12.9. The van der Waals surface area contributed by atoms with Crippen molar-refractivity contribution in [1.29, 1.82) is 0 Å². The lowest BCUT2D eigenvalue weighted by atomic mass is 10.1. The van der Waals surface area contributed by atoms with Crippen molar-refractivity contribution in [2.45, 2.75) is 26.0 Å². The van der Waals surface area contributed by atoms with Crippen LogP contribution in [0.5, 0.6) is 0 Å². The normalized spacial score (nSPS) is 26.7. The number of amides is 1. The molecule has 0 aromatic heterocycles. The first-order valence-electron chi connectivity index (χ1n) is 7.85. The Morgan fingerprint density at radius 1 is 1.19 bits per heavy atom. The van der Waals surface area contributed by atoms with Crippen LogP contribution in [0.25, 0.3) is 0 Å². The van der Waals surface area contributed by atoms with Gasteiger partial charge in [-0.2, -0.15) is 0 Å². The average Bonchev–Trinajstić information content (AvgIpc) is 2.80. The van der Waals surface area contributed by atoms with Crippen molar-refractivity contribution < 1.29 is 9.53 Å². The van der Waals surface area contributed by atoms with Crippen molar-refractivity contribution in [3.8, 4) is 0 Å². The van der Waals surface area contributed by atoms with Gasteiger partial charge in [0, 0.05) is 43.7 Å². The Morgan fingerprint density at radius 3 is 2.67 bits per heavy atom. The second-order valence-electron chi connectivity index (χ2n) is 6.33. The Bertz CT molecular complexity index is 489. The molecule has 0 unspecified atom stereocenters. The van der Waals surface area contributed by atoms with Crippen LogP contribution in [-0.2, 0) is 4.74 Å². The van der Waals surface area contributed by atoms with Gasteiger partial charge >= 0.3 is 0 Å². The van der Waals surface area contributed by atoms with Crippen LogP contribution in [0, 0.1) is 5.92 Å². The smallest absolute Gasteiger partial charge is 0.253 e. The number of ether oxygens (including phenoxy) is 1. The minimum absolute atomic E-state index is 0.128.